The summed E-state index contributed by atoms with van der Waals surface area (Å²) in [5.41, 5.74) is 3.57. The molecule has 0 saturated carbocycles. The third-order valence-corrected chi connectivity index (χ3v) is 4.82. The number of aromatic amines is 1. The highest BCUT2D eigenvalue weighted by molar-refractivity contribution is 5.90. The third-order valence-electron chi connectivity index (χ3n) is 4.82. The number of carbonyl (C=O) groups excluding carboxylic acids is 1. The molecule has 1 atom stereocenters. The molecule has 0 saturated heterocycles. The van der Waals surface area contributed by atoms with Crippen LogP contribution in [0.4, 0.5) is 0 Å². The van der Waals surface area contributed by atoms with Gasteiger partial charge in [-0.3, -0.25) is 4.79 Å². The van der Waals surface area contributed by atoms with Gasteiger partial charge in [-0.15, -0.1) is 6.58 Å². The number of hydrogen-bond acceptors (Lipinski definition) is 1. The lowest BCUT2D eigenvalue weighted by Crippen LogP contribution is -2.37. The van der Waals surface area contributed by atoms with Crippen molar-refractivity contribution in [2.24, 2.45) is 0 Å². The number of benzene rings is 1. The number of nitrogens with one attached hydrogen (secondary N) is 2. The smallest absolute Gasteiger partial charge is 0.224 e. The molecule has 0 radical (unpaired) electrons. The molecule has 3 nitrogen and oxygen atoms in total. The van der Waals surface area contributed by atoms with Crippen molar-refractivity contribution in [2.45, 2.75) is 38.0 Å². The number of fused-ring (bicyclic) bond motifs is 3. The SMILES string of the molecule is C=CCC1(CC)CCNC(=O)Cc2c1[nH]c1ccccc21. The second kappa shape index (κ2) is 5.40. The topological polar surface area (TPSA) is 44.9 Å². The molecule has 3 rings (SSSR count). The lowest BCUT2D eigenvalue weighted by Gasteiger charge is -2.34. The highest BCUT2D eigenvalue weighted by Crippen LogP contribution is 2.40. The first-order chi connectivity index (χ1) is 10.2. The van der Waals surface area contributed by atoms with Crippen LogP contribution in [0.15, 0.2) is 36.9 Å². The van der Waals surface area contributed by atoms with Crippen molar-refractivity contribution in [2.75, 3.05) is 6.54 Å². The number of carbonyl (C=O) groups is 1. The van der Waals surface area contributed by atoms with Crippen molar-refractivity contribution in [1.82, 2.24) is 10.3 Å². The molecule has 110 valence electrons. The zero-order valence-electron chi connectivity index (χ0n) is 12.5. The zero-order chi connectivity index (χ0) is 14.9. The van der Waals surface area contributed by atoms with Gasteiger partial charge in [0.2, 0.25) is 5.91 Å². The van der Waals surface area contributed by atoms with Gasteiger partial charge in [0.1, 0.15) is 0 Å². The van der Waals surface area contributed by atoms with E-state index in [-0.39, 0.29) is 11.3 Å². The molecule has 1 aromatic carbocycles. The fraction of sp³-hybridized carbons (Fsp3) is 0.389. The van der Waals surface area contributed by atoms with Gasteiger partial charge in [-0.1, -0.05) is 31.2 Å². The Bertz CT molecular complexity index is 686. The molecule has 21 heavy (non-hydrogen) atoms. The average molecular weight is 282 g/mol. The van der Waals surface area contributed by atoms with Crippen LogP contribution >= 0.6 is 0 Å². The van der Waals surface area contributed by atoms with E-state index in [0.29, 0.717) is 6.42 Å². The Kier molecular flexibility index (Phi) is 3.58. The number of allylic oxidation sites excluding steroid dienone is 1. The summed E-state index contributed by atoms with van der Waals surface area (Å²) in [5, 5.41) is 4.21. The van der Waals surface area contributed by atoms with E-state index in [4.69, 9.17) is 0 Å². The standard InChI is InChI=1S/C18H22N2O/c1-3-9-18(4-2)10-11-19-16(21)12-14-13-7-5-6-8-15(13)20-17(14)18/h3,5-8,20H,1,4,9-12H2,2H3,(H,19,21). The lowest BCUT2D eigenvalue weighted by molar-refractivity contribution is -0.120. The Morgan fingerprint density at radius 2 is 2.19 bits per heavy atom. The summed E-state index contributed by atoms with van der Waals surface area (Å²) in [6, 6.07) is 8.27. The van der Waals surface area contributed by atoms with Gasteiger partial charge in [0, 0.05) is 28.6 Å². The van der Waals surface area contributed by atoms with E-state index in [2.05, 4.69) is 35.9 Å². The van der Waals surface area contributed by atoms with Gasteiger partial charge in [0.05, 0.1) is 6.42 Å². The Labute approximate surface area is 125 Å². The Balaban J connectivity index is 2.26. The monoisotopic (exact) mass is 282 g/mol. The van der Waals surface area contributed by atoms with Crippen LogP contribution < -0.4 is 5.32 Å². The van der Waals surface area contributed by atoms with Crippen LogP contribution in [-0.2, 0) is 16.6 Å². The van der Waals surface area contributed by atoms with Crippen molar-refractivity contribution in [3.63, 3.8) is 0 Å². The molecule has 1 aliphatic heterocycles. The van der Waals surface area contributed by atoms with Crippen molar-refractivity contribution >= 4 is 16.8 Å². The van der Waals surface area contributed by atoms with Gasteiger partial charge in [-0.05, 0) is 30.9 Å². The molecule has 1 amide bonds. The largest absolute Gasteiger partial charge is 0.358 e. The Morgan fingerprint density at radius 1 is 1.38 bits per heavy atom. The van der Waals surface area contributed by atoms with E-state index in [0.717, 1.165) is 36.9 Å². The summed E-state index contributed by atoms with van der Waals surface area (Å²) in [5.74, 6) is 0.115. The third kappa shape index (κ3) is 2.27. The zero-order valence-corrected chi connectivity index (χ0v) is 12.5. The molecule has 2 heterocycles. The first-order valence-corrected chi connectivity index (χ1v) is 7.68. The molecule has 0 bridgehead atoms. The molecule has 0 aliphatic carbocycles. The van der Waals surface area contributed by atoms with Crippen LogP contribution in [0.3, 0.4) is 0 Å². The maximum Gasteiger partial charge on any atom is 0.224 e. The molecule has 3 heteroatoms. The fourth-order valence-electron chi connectivity index (χ4n) is 3.60. The molecule has 2 N–H and O–H groups in total. The second-order valence-corrected chi connectivity index (χ2v) is 5.93. The molecule has 1 unspecified atom stereocenters. The average Bonchev–Trinajstić information content (AvgIpc) is 2.84. The highest BCUT2D eigenvalue weighted by atomic mass is 16.1. The predicted molar refractivity (Wildman–Crippen MR) is 86.4 cm³/mol. The van der Waals surface area contributed by atoms with E-state index >= 15 is 0 Å². The van der Waals surface area contributed by atoms with Gasteiger partial charge >= 0.3 is 0 Å². The van der Waals surface area contributed by atoms with Crippen molar-refractivity contribution in [3.8, 4) is 0 Å². The van der Waals surface area contributed by atoms with Crippen molar-refractivity contribution < 1.29 is 4.79 Å². The number of para-hydroxylation sites is 1. The van der Waals surface area contributed by atoms with E-state index in [9.17, 15) is 4.79 Å². The molecular weight excluding hydrogens is 260 g/mol. The Morgan fingerprint density at radius 3 is 2.95 bits per heavy atom. The summed E-state index contributed by atoms with van der Waals surface area (Å²) in [6.45, 7) is 6.90. The molecule has 2 aromatic rings. The van der Waals surface area contributed by atoms with Gasteiger partial charge in [-0.2, -0.15) is 0 Å². The van der Waals surface area contributed by atoms with Gasteiger partial charge < -0.3 is 10.3 Å². The molecule has 0 spiro atoms. The first kappa shape index (κ1) is 13.9. The molecule has 1 aromatic heterocycles. The summed E-state index contributed by atoms with van der Waals surface area (Å²) in [6.07, 6.45) is 5.37. The minimum Gasteiger partial charge on any atom is -0.358 e. The van der Waals surface area contributed by atoms with E-state index in [1.807, 2.05) is 18.2 Å². The van der Waals surface area contributed by atoms with Crippen LogP contribution in [0, 0.1) is 0 Å². The van der Waals surface area contributed by atoms with Gasteiger partial charge in [-0.25, -0.2) is 0 Å². The maximum absolute atomic E-state index is 12.1. The van der Waals surface area contributed by atoms with Crippen molar-refractivity contribution in [3.05, 3.63) is 48.2 Å². The predicted octanol–water partition coefficient (Wildman–Crippen LogP) is 3.45. The van der Waals surface area contributed by atoms with Crippen LogP contribution in [0.25, 0.3) is 10.9 Å². The first-order valence-electron chi connectivity index (χ1n) is 7.68. The molecule has 0 fully saturated rings. The Hall–Kier alpha value is -2.03. The summed E-state index contributed by atoms with van der Waals surface area (Å²) in [7, 11) is 0. The number of aromatic nitrogens is 1. The number of hydrogen-bond donors (Lipinski definition) is 2. The number of amides is 1. The van der Waals surface area contributed by atoms with Crippen LogP contribution in [0.2, 0.25) is 0 Å². The van der Waals surface area contributed by atoms with E-state index in [1.165, 1.54) is 11.1 Å². The van der Waals surface area contributed by atoms with Crippen LogP contribution in [0.5, 0.6) is 0 Å². The number of H-pyrrole nitrogens is 1. The van der Waals surface area contributed by atoms with E-state index in [1.54, 1.807) is 0 Å². The summed E-state index contributed by atoms with van der Waals surface area (Å²) < 4.78 is 0. The minimum absolute atomic E-state index is 0.0454. The van der Waals surface area contributed by atoms with Crippen LogP contribution in [-0.4, -0.2) is 17.4 Å². The van der Waals surface area contributed by atoms with Gasteiger partial charge in [0.25, 0.3) is 0 Å². The summed E-state index contributed by atoms with van der Waals surface area (Å²) in [4.78, 5) is 15.7. The minimum atomic E-state index is 0.0454. The maximum atomic E-state index is 12.1. The quantitative estimate of drug-likeness (QED) is 0.832. The van der Waals surface area contributed by atoms with Gasteiger partial charge in [0.15, 0.2) is 0 Å². The lowest BCUT2D eigenvalue weighted by atomic mass is 9.73. The van der Waals surface area contributed by atoms with E-state index < -0.39 is 0 Å². The number of rotatable bonds is 3. The summed E-state index contributed by atoms with van der Waals surface area (Å²) >= 11 is 0. The molecule has 1 aliphatic rings. The highest BCUT2D eigenvalue weighted by Gasteiger charge is 2.35. The normalized spacial score (nSPS) is 22.2. The fourth-order valence-corrected chi connectivity index (χ4v) is 3.60. The molecular formula is C18H22N2O. The van der Waals surface area contributed by atoms with Crippen LogP contribution in [0.1, 0.15) is 37.4 Å². The van der Waals surface area contributed by atoms with Crippen molar-refractivity contribution in [1.29, 1.82) is 0 Å². The second-order valence-electron chi connectivity index (χ2n) is 5.93.